The first kappa shape index (κ1) is 12.1. The maximum absolute atomic E-state index is 13.4. The number of rotatable bonds is 3. The molecular formula is C12H12FN3O2. The van der Waals surface area contributed by atoms with Gasteiger partial charge >= 0.3 is 0 Å². The number of phenols is 1. The molecule has 0 fully saturated rings. The molecule has 0 spiro atoms. The minimum Gasteiger partial charge on any atom is -0.507 e. The number of aryl methyl sites for hydroxylation is 1. The number of amides is 1. The van der Waals surface area contributed by atoms with Crippen molar-refractivity contribution in [3.05, 3.63) is 47.8 Å². The van der Waals surface area contributed by atoms with Gasteiger partial charge in [0.15, 0.2) is 0 Å². The average molecular weight is 249 g/mol. The Bertz CT molecular complexity index is 560. The molecular weight excluding hydrogens is 237 g/mol. The Balaban J connectivity index is 2.11. The molecule has 1 amide bonds. The molecule has 0 aliphatic carbocycles. The van der Waals surface area contributed by atoms with Crippen molar-refractivity contribution in [3.63, 3.8) is 0 Å². The summed E-state index contributed by atoms with van der Waals surface area (Å²) in [5.41, 5.74) is -0.355. The van der Waals surface area contributed by atoms with E-state index in [2.05, 4.69) is 10.3 Å². The van der Waals surface area contributed by atoms with Gasteiger partial charge in [0.1, 0.15) is 23.0 Å². The van der Waals surface area contributed by atoms with Crippen molar-refractivity contribution in [2.45, 2.75) is 6.54 Å². The summed E-state index contributed by atoms with van der Waals surface area (Å²) < 4.78 is 15.1. The van der Waals surface area contributed by atoms with Gasteiger partial charge in [-0.05, 0) is 12.1 Å². The molecule has 6 heteroatoms. The third-order valence-electron chi connectivity index (χ3n) is 2.55. The fraction of sp³-hybridized carbons (Fsp3) is 0.167. The molecule has 0 unspecified atom stereocenters. The van der Waals surface area contributed by atoms with Crippen molar-refractivity contribution in [3.8, 4) is 5.75 Å². The standard InChI is InChI=1S/C12H12FN3O2/c1-16-6-5-14-10(16)7-15-12(18)11-8(13)3-2-4-9(11)17/h2-6,17H,7H2,1H3,(H,15,18). The maximum Gasteiger partial charge on any atom is 0.258 e. The number of nitrogens with zero attached hydrogens (tertiary/aromatic N) is 2. The van der Waals surface area contributed by atoms with Crippen LogP contribution < -0.4 is 5.32 Å². The van der Waals surface area contributed by atoms with Gasteiger partial charge in [0.05, 0.1) is 6.54 Å². The van der Waals surface area contributed by atoms with E-state index in [0.717, 1.165) is 6.07 Å². The molecule has 0 bridgehead atoms. The van der Waals surface area contributed by atoms with E-state index in [-0.39, 0.29) is 17.9 Å². The normalized spacial score (nSPS) is 10.3. The summed E-state index contributed by atoms with van der Waals surface area (Å²) in [6.45, 7) is 0.163. The molecule has 0 saturated heterocycles. The minimum absolute atomic E-state index is 0.163. The number of imidazole rings is 1. The Morgan fingerprint density at radius 1 is 1.56 bits per heavy atom. The van der Waals surface area contributed by atoms with Crippen LogP contribution in [0.5, 0.6) is 5.75 Å². The summed E-state index contributed by atoms with van der Waals surface area (Å²) in [5.74, 6) is -1.17. The first-order valence-corrected chi connectivity index (χ1v) is 5.31. The zero-order valence-corrected chi connectivity index (χ0v) is 9.72. The number of benzene rings is 1. The van der Waals surface area contributed by atoms with Gasteiger partial charge in [-0.3, -0.25) is 4.79 Å². The van der Waals surface area contributed by atoms with Gasteiger partial charge in [0, 0.05) is 19.4 Å². The Kier molecular flexibility index (Phi) is 3.27. The topological polar surface area (TPSA) is 67.2 Å². The smallest absolute Gasteiger partial charge is 0.258 e. The van der Waals surface area contributed by atoms with Crippen LogP contribution in [-0.4, -0.2) is 20.6 Å². The highest BCUT2D eigenvalue weighted by Gasteiger charge is 2.16. The van der Waals surface area contributed by atoms with Crippen molar-refractivity contribution in [1.29, 1.82) is 0 Å². The lowest BCUT2D eigenvalue weighted by Crippen LogP contribution is -2.25. The maximum atomic E-state index is 13.4. The Morgan fingerprint density at radius 2 is 2.33 bits per heavy atom. The monoisotopic (exact) mass is 249 g/mol. The summed E-state index contributed by atoms with van der Waals surface area (Å²) in [4.78, 5) is 15.8. The number of carbonyl (C=O) groups is 1. The van der Waals surface area contributed by atoms with Gasteiger partial charge in [-0.15, -0.1) is 0 Å². The summed E-state index contributed by atoms with van der Waals surface area (Å²) >= 11 is 0. The van der Waals surface area contributed by atoms with E-state index in [0.29, 0.717) is 5.82 Å². The van der Waals surface area contributed by atoms with E-state index in [1.54, 1.807) is 24.0 Å². The summed E-state index contributed by atoms with van der Waals surface area (Å²) in [6, 6.07) is 3.72. The SMILES string of the molecule is Cn1ccnc1CNC(=O)c1c(O)cccc1F. The molecule has 1 aromatic heterocycles. The van der Waals surface area contributed by atoms with Crippen LogP contribution >= 0.6 is 0 Å². The quantitative estimate of drug-likeness (QED) is 0.858. The van der Waals surface area contributed by atoms with Crippen LogP contribution in [-0.2, 0) is 13.6 Å². The van der Waals surface area contributed by atoms with E-state index in [1.807, 2.05) is 0 Å². The summed E-state index contributed by atoms with van der Waals surface area (Å²) in [7, 11) is 1.79. The lowest BCUT2D eigenvalue weighted by Gasteiger charge is -2.07. The number of carbonyl (C=O) groups excluding carboxylic acids is 1. The highest BCUT2D eigenvalue weighted by Crippen LogP contribution is 2.19. The highest BCUT2D eigenvalue weighted by molar-refractivity contribution is 5.96. The highest BCUT2D eigenvalue weighted by atomic mass is 19.1. The summed E-state index contributed by atoms with van der Waals surface area (Å²) in [5, 5.41) is 12.0. The molecule has 94 valence electrons. The van der Waals surface area contributed by atoms with Gasteiger partial charge < -0.3 is 15.0 Å². The predicted molar refractivity (Wildman–Crippen MR) is 62.4 cm³/mol. The van der Waals surface area contributed by atoms with Crippen molar-refractivity contribution >= 4 is 5.91 Å². The summed E-state index contributed by atoms with van der Waals surface area (Å²) in [6.07, 6.45) is 3.34. The molecule has 1 aromatic carbocycles. The first-order valence-electron chi connectivity index (χ1n) is 5.31. The van der Waals surface area contributed by atoms with Crippen LogP contribution in [0.1, 0.15) is 16.2 Å². The van der Waals surface area contributed by atoms with Crippen LogP contribution in [0.25, 0.3) is 0 Å². The number of aromatic hydroxyl groups is 1. The second kappa shape index (κ2) is 4.87. The average Bonchev–Trinajstić information content (AvgIpc) is 2.72. The lowest BCUT2D eigenvalue weighted by atomic mass is 10.1. The molecule has 18 heavy (non-hydrogen) atoms. The molecule has 0 aliphatic heterocycles. The Hall–Kier alpha value is -2.37. The molecule has 2 aromatic rings. The second-order valence-electron chi connectivity index (χ2n) is 3.77. The van der Waals surface area contributed by atoms with Crippen LogP contribution in [0.3, 0.4) is 0 Å². The third-order valence-corrected chi connectivity index (χ3v) is 2.55. The van der Waals surface area contributed by atoms with Gasteiger partial charge in [0.2, 0.25) is 0 Å². The van der Waals surface area contributed by atoms with Crippen LogP contribution in [0.2, 0.25) is 0 Å². The lowest BCUT2D eigenvalue weighted by molar-refractivity contribution is 0.0942. The fourth-order valence-corrected chi connectivity index (χ4v) is 1.55. The van der Waals surface area contributed by atoms with E-state index < -0.39 is 11.7 Å². The van der Waals surface area contributed by atoms with Crippen LogP contribution in [0, 0.1) is 5.82 Å². The van der Waals surface area contributed by atoms with Gasteiger partial charge in [-0.1, -0.05) is 6.07 Å². The second-order valence-corrected chi connectivity index (χ2v) is 3.77. The van der Waals surface area contributed by atoms with E-state index >= 15 is 0 Å². The Morgan fingerprint density at radius 3 is 2.94 bits per heavy atom. The molecule has 2 N–H and O–H groups in total. The number of aromatic nitrogens is 2. The molecule has 1 heterocycles. The van der Waals surface area contributed by atoms with E-state index in [9.17, 15) is 14.3 Å². The van der Waals surface area contributed by atoms with Gasteiger partial charge in [-0.25, -0.2) is 9.37 Å². The molecule has 0 aliphatic rings. The van der Waals surface area contributed by atoms with Crippen molar-refractivity contribution < 1.29 is 14.3 Å². The van der Waals surface area contributed by atoms with Crippen molar-refractivity contribution in [2.24, 2.45) is 7.05 Å². The first-order chi connectivity index (χ1) is 8.59. The van der Waals surface area contributed by atoms with Crippen LogP contribution in [0.4, 0.5) is 4.39 Å². The Labute approximate surface area is 103 Å². The zero-order chi connectivity index (χ0) is 13.1. The number of phenolic OH excluding ortho intramolecular Hbond substituents is 1. The molecule has 0 atom stereocenters. The molecule has 5 nitrogen and oxygen atoms in total. The zero-order valence-electron chi connectivity index (χ0n) is 9.72. The van der Waals surface area contributed by atoms with Crippen LogP contribution in [0.15, 0.2) is 30.6 Å². The molecule has 0 radical (unpaired) electrons. The van der Waals surface area contributed by atoms with E-state index in [4.69, 9.17) is 0 Å². The number of hydrogen-bond acceptors (Lipinski definition) is 3. The molecule has 2 rings (SSSR count). The minimum atomic E-state index is -0.757. The number of halogens is 1. The third kappa shape index (κ3) is 2.32. The molecule has 0 saturated carbocycles. The predicted octanol–water partition coefficient (Wildman–Crippen LogP) is 1.19. The van der Waals surface area contributed by atoms with Gasteiger partial charge in [0.25, 0.3) is 5.91 Å². The van der Waals surface area contributed by atoms with Crippen molar-refractivity contribution in [2.75, 3.05) is 0 Å². The largest absolute Gasteiger partial charge is 0.507 e. The number of hydrogen-bond donors (Lipinski definition) is 2. The van der Waals surface area contributed by atoms with Gasteiger partial charge in [-0.2, -0.15) is 0 Å². The fourth-order valence-electron chi connectivity index (χ4n) is 1.55. The number of nitrogens with one attached hydrogen (secondary N) is 1. The van der Waals surface area contributed by atoms with Crippen molar-refractivity contribution in [1.82, 2.24) is 14.9 Å². The van der Waals surface area contributed by atoms with E-state index in [1.165, 1.54) is 12.1 Å².